The summed E-state index contributed by atoms with van der Waals surface area (Å²) in [5, 5.41) is 11.1. The molecule has 94 valence electrons. The molecule has 0 fully saturated rings. The van der Waals surface area contributed by atoms with Crippen LogP contribution in [0.3, 0.4) is 0 Å². The molecule has 2 N–H and O–H groups in total. The Bertz CT molecular complexity index is 356. The highest BCUT2D eigenvalue weighted by Gasteiger charge is 2.12. The Balaban J connectivity index is 2.40. The second-order valence-corrected chi connectivity index (χ2v) is 5.04. The fraction of sp³-hybridized carbons (Fsp3) is 0.417. The fourth-order valence-corrected chi connectivity index (χ4v) is 2.04. The van der Waals surface area contributed by atoms with E-state index in [1.54, 1.807) is 6.92 Å². The quantitative estimate of drug-likeness (QED) is 0.769. The largest absolute Gasteiger partial charge is 0.396 e. The monoisotopic (exact) mass is 257 g/mol. The van der Waals surface area contributed by atoms with Crippen LogP contribution in [0.2, 0.25) is 0 Å². The Kier molecular flexibility index (Phi) is 6.00. The molecule has 0 aromatic heterocycles. The van der Waals surface area contributed by atoms with Crippen LogP contribution in [0.25, 0.3) is 0 Å². The number of hydrogen-bond acceptors (Lipinski definition) is 3. The van der Waals surface area contributed by atoms with E-state index in [1.807, 2.05) is 0 Å². The molecule has 3 nitrogen and oxygen atoms in total. The highest BCUT2D eigenvalue weighted by atomic mass is 32.2. The minimum atomic E-state index is -0.326. The molecule has 0 spiro atoms. The maximum atomic E-state index is 12.6. The van der Waals surface area contributed by atoms with Gasteiger partial charge in [0, 0.05) is 12.3 Å². The van der Waals surface area contributed by atoms with Crippen molar-refractivity contribution in [3.63, 3.8) is 0 Å². The maximum absolute atomic E-state index is 12.6. The van der Waals surface area contributed by atoms with Gasteiger partial charge in [0.25, 0.3) is 0 Å². The molecule has 1 aromatic rings. The van der Waals surface area contributed by atoms with Crippen molar-refractivity contribution in [3.05, 3.63) is 30.1 Å². The molecule has 0 saturated heterocycles. The van der Waals surface area contributed by atoms with Crippen LogP contribution in [0.15, 0.2) is 24.3 Å². The normalized spacial score (nSPS) is 12.2. The third kappa shape index (κ3) is 5.19. The van der Waals surface area contributed by atoms with Crippen molar-refractivity contribution in [1.29, 1.82) is 0 Å². The average Bonchev–Trinajstić information content (AvgIpc) is 2.32. The van der Waals surface area contributed by atoms with Crippen molar-refractivity contribution in [2.45, 2.75) is 18.6 Å². The molecule has 5 heteroatoms. The number of aliphatic hydroxyl groups excluding tert-OH is 1. The lowest BCUT2D eigenvalue weighted by atomic mass is 10.3. The summed E-state index contributed by atoms with van der Waals surface area (Å²) in [5.41, 5.74) is 0.589. The number of carbonyl (C=O) groups excluding carboxylic acids is 1. The fourth-order valence-electron chi connectivity index (χ4n) is 1.18. The first-order chi connectivity index (χ1) is 8.13. The van der Waals surface area contributed by atoms with Crippen molar-refractivity contribution >= 4 is 23.4 Å². The van der Waals surface area contributed by atoms with Crippen molar-refractivity contribution in [3.8, 4) is 0 Å². The minimum absolute atomic E-state index is 0.112. The predicted molar refractivity (Wildman–Crippen MR) is 68.7 cm³/mol. The Morgan fingerprint density at radius 2 is 2.12 bits per heavy atom. The topological polar surface area (TPSA) is 49.3 Å². The lowest BCUT2D eigenvalue weighted by Gasteiger charge is -2.11. The molecule has 1 unspecified atom stereocenters. The maximum Gasteiger partial charge on any atom is 0.237 e. The van der Waals surface area contributed by atoms with E-state index in [4.69, 9.17) is 5.11 Å². The van der Waals surface area contributed by atoms with Gasteiger partial charge in [-0.15, -0.1) is 11.8 Å². The number of rotatable bonds is 6. The average molecular weight is 257 g/mol. The smallest absolute Gasteiger partial charge is 0.237 e. The number of anilines is 1. The van der Waals surface area contributed by atoms with E-state index in [0.29, 0.717) is 12.1 Å². The van der Waals surface area contributed by atoms with Crippen LogP contribution < -0.4 is 5.32 Å². The molecule has 1 amide bonds. The van der Waals surface area contributed by atoms with Crippen LogP contribution in [0, 0.1) is 5.82 Å². The minimum Gasteiger partial charge on any atom is -0.396 e. The van der Waals surface area contributed by atoms with Crippen LogP contribution >= 0.6 is 11.8 Å². The number of amides is 1. The molecule has 17 heavy (non-hydrogen) atoms. The van der Waals surface area contributed by atoms with Crippen LogP contribution in [0.5, 0.6) is 0 Å². The summed E-state index contributed by atoms with van der Waals surface area (Å²) in [6.07, 6.45) is 0.679. The number of aliphatic hydroxyl groups is 1. The Hall–Kier alpha value is -1.07. The summed E-state index contributed by atoms with van der Waals surface area (Å²) >= 11 is 1.49. The second kappa shape index (κ2) is 7.29. The third-order valence-corrected chi connectivity index (χ3v) is 3.39. The van der Waals surface area contributed by atoms with Gasteiger partial charge in [-0.2, -0.15) is 0 Å². The van der Waals surface area contributed by atoms with Crippen LogP contribution in [0.1, 0.15) is 13.3 Å². The standard InChI is InChI=1S/C12H16FNO2S/c1-9(17-8-2-7-15)12(16)14-11-5-3-10(13)4-6-11/h3-6,9,15H,2,7-8H2,1H3,(H,14,16). The lowest BCUT2D eigenvalue weighted by molar-refractivity contribution is -0.115. The van der Waals surface area contributed by atoms with Gasteiger partial charge in [-0.3, -0.25) is 4.79 Å². The number of hydrogen-bond donors (Lipinski definition) is 2. The summed E-state index contributed by atoms with van der Waals surface area (Å²) in [7, 11) is 0. The molecule has 0 aliphatic rings. The summed E-state index contributed by atoms with van der Waals surface area (Å²) in [5.74, 6) is 0.307. The predicted octanol–water partition coefficient (Wildman–Crippen LogP) is 2.27. The highest BCUT2D eigenvalue weighted by molar-refractivity contribution is 8.00. The van der Waals surface area contributed by atoms with E-state index in [-0.39, 0.29) is 23.6 Å². The van der Waals surface area contributed by atoms with Gasteiger partial charge < -0.3 is 10.4 Å². The Morgan fingerprint density at radius 1 is 1.47 bits per heavy atom. The van der Waals surface area contributed by atoms with Gasteiger partial charge in [0.15, 0.2) is 0 Å². The summed E-state index contributed by atoms with van der Waals surface area (Å²) in [6.45, 7) is 1.94. The first-order valence-corrected chi connectivity index (χ1v) is 6.47. The zero-order chi connectivity index (χ0) is 12.7. The second-order valence-electron chi connectivity index (χ2n) is 3.59. The van der Waals surface area contributed by atoms with E-state index in [9.17, 15) is 9.18 Å². The van der Waals surface area contributed by atoms with Crippen LogP contribution in [0.4, 0.5) is 10.1 Å². The molecular formula is C12H16FNO2S. The van der Waals surface area contributed by atoms with Gasteiger partial charge in [0.2, 0.25) is 5.91 Å². The number of carbonyl (C=O) groups is 1. The Labute approximate surface area is 104 Å². The summed E-state index contributed by atoms with van der Waals surface area (Å²) < 4.78 is 12.6. The van der Waals surface area contributed by atoms with Gasteiger partial charge in [0.1, 0.15) is 5.82 Å². The van der Waals surface area contributed by atoms with Crippen LogP contribution in [-0.4, -0.2) is 28.6 Å². The SMILES string of the molecule is CC(SCCCO)C(=O)Nc1ccc(F)cc1. The van der Waals surface area contributed by atoms with Gasteiger partial charge in [0.05, 0.1) is 5.25 Å². The number of halogens is 1. The van der Waals surface area contributed by atoms with E-state index < -0.39 is 0 Å². The van der Waals surface area contributed by atoms with Crippen molar-refractivity contribution in [2.24, 2.45) is 0 Å². The molecule has 0 bridgehead atoms. The van der Waals surface area contributed by atoms with E-state index in [2.05, 4.69) is 5.32 Å². The Morgan fingerprint density at radius 3 is 2.71 bits per heavy atom. The number of nitrogens with one attached hydrogen (secondary N) is 1. The van der Waals surface area contributed by atoms with Gasteiger partial charge in [-0.25, -0.2) is 4.39 Å². The van der Waals surface area contributed by atoms with Crippen molar-refractivity contribution in [2.75, 3.05) is 17.7 Å². The summed E-state index contributed by atoms with van der Waals surface area (Å²) in [6, 6.07) is 5.66. The molecular weight excluding hydrogens is 241 g/mol. The first kappa shape index (κ1) is 14.0. The first-order valence-electron chi connectivity index (χ1n) is 5.42. The number of thioether (sulfide) groups is 1. The van der Waals surface area contributed by atoms with Crippen molar-refractivity contribution < 1.29 is 14.3 Å². The zero-order valence-electron chi connectivity index (χ0n) is 9.65. The summed E-state index contributed by atoms with van der Waals surface area (Å²) in [4.78, 5) is 11.7. The number of benzene rings is 1. The van der Waals surface area contributed by atoms with Gasteiger partial charge in [-0.1, -0.05) is 0 Å². The molecule has 1 rings (SSSR count). The molecule has 0 saturated carbocycles. The molecule has 1 atom stereocenters. The zero-order valence-corrected chi connectivity index (χ0v) is 10.5. The third-order valence-electron chi connectivity index (χ3n) is 2.15. The van der Waals surface area contributed by atoms with Gasteiger partial charge in [-0.05, 0) is 43.4 Å². The van der Waals surface area contributed by atoms with Crippen molar-refractivity contribution in [1.82, 2.24) is 0 Å². The van der Waals surface area contributed by atoms with Gasteiger partial charge >= 0.3 is 0 Å². The molecule has 1 aromatic carbocycles. The molecule has 0 heterocycles. The highest BCUT2D eigenvalue weighted by Crippen LogP contribution is 2.15. The van der Waals surface area contributed by atoms with E-state index in [1.165, 1.54) is 36.0 Å². The van der Waals surface area contributed by atoms with E-state index >= 15 is 0 Å². The van der Waals surface area contributed by atoms with E-state index in [0.717, 1.165) is 5.75 Å². The lowest BCUT2D eigenvalue weighted by Crippen LogP contribution is -2.22. The molecule has 0 radical (unpaired) electrons. The molecule has 0 aliphatic heterocycles. The molecule has 0 aliphatic carbocycles. The van der Waals surface area contributed by atoms with Crippen LogP contribution in [-0.2, 0) is 4.79 Å².